The van der Waals surface area contributed by atoms with Gasteiger partial charge in [-0.05, 0) is 44.7 Å². The van der Waals surface area contributed by atoms with Crippen LogP contribution in [0.1, 0.15) is 13.3 Å². The van der Waals surface area contributed by atoms with E-state index in [1.54, 1.807) is 0 Å². The van der Waals surface area contributed by atoms with Gasteiger partial charge in [-0.2, -0.15) is 0 Å². The molecule has 1 aromatic carbocycles. The minimum atomic E-state index is -0.467. The van der Waals surface area contributed by atoms with Gasteiger partial charge in [0.15, 0.2) is 6.61 Å². The minimum Gasteiger partial charge on any atom is -0.484 e. The molecule has 0 bridgehead atoms. The summed E-state index contributed by atoms with van der Waals surface area (Å²) in [5.74, 6) is 0.187. The molecule has 0 aromatic heterocycles. The molecule has 1 aliphatic heterocycles. The number of nitrogens with two attached hydrogens (primary N) is 1. The second-order valence-corrected chi connectivity index (χ2v) is 5.14. The van der Waals surface area contributed by atoms with E-state index >= 15 is 0 Å². The van der Waals surface area contributed by atoms with Crippen LogP contribution in [0.5, 0.6) is 5.75 Å². The maximum atomic E-state index is 10.6. The molecule has 3 N–H and O–H groups in total. The van der Waals surface area contributed by atoms with Gasteiger partial charge in [0.25, 0.3) is 5.91 Å². The number of likely N-dealkylation sites (tertiary alicyclic amines) is 1. The normalized spacial score (nSPS) is 23.3. The number of nitrogens with zero attached hydrogens (tertiary/aromatic N) is 1. The van der Waals surface area contributed by atoms with Gasteiger partial charge >= 0.3 is 0 Å². The Morgan fingerprint density at radius 2 is 2.16 bits per heavy atom. The quantitative estimate of drug-likeness (QED) is 0.833. The molecule has 19 heavy (non-hydrogen) atoms. The van der Waals surface area contributed by atoms with E-state index in [-0.39, 0.29) is 6.61 Å². The van der Waals surface area contributed by atoms with Crippen LogP contribution >= 0.6 is 0 Å². The lowest BCUT2D eigenvalue weighted by Gasteiger charge is -2.14. The van der Waals surface area contributed by atoms with Crippen molar-refractivity contribution in [1.82, 2.24) is 4.90 Å². The molecule has 2 rings (SSSR count). The number of carbonyl (C=O) groups is 1. The highest BCUT2D eigenvalue weighted by molar-refractivity contribution is 5.75. The molecule has 104 valence electrons. The SMILES string of the molecule is CC1CC(Nc2ccc(OCC(N)=O)cc2)CN1C. The highest BCUT2D eigenvalue weighted by Crippen LogP contribution is 2.21. The van der Waals surface area contributed by atoms with E-state index in [2.05, 4.69) is 24.2 Å². The maximum Gasteiger partial charge on any atom is 0.255 e. The zero-order valence-corrected chi connectivity index (χ0v) is 11.4. The van der Waals surface area contributed by atoms with E-state index in [1.165, 1.54) is 0 Å². The summed E-state index contributed by atoms with van der Waals surface area (Å²) in [7, 11) is 2.15. The third kappa shape index (κ3) is 3.86. The number of amides is 1. The van der Waals surface area contributed by atoms with Crippen LogP contribution in [-0.4, -0.2) is 43.1 Å². The molecule has 1 saturated heterocycles. The number of rotatable bonds is 5. The van der Waals surface area contributed by atoms with Crippen LogP contribution in [0.4, 0.5) is 5.69 Å². The summed E-state index contributed by atoms with van der Waals surface area (Å²) in [6, 6.07) is 8.70. The van der Waals surface area contributed by atoms with Gasteiger partial charge in [-0.1, -0.05) is 0 Å². The molecular formula is C14H21N3O2. The van der Waals surface area contributed by atoms with E-state index < -0.39 is 5.91 Å². The Bertz CT molecular complexity index is 423. The summed E-state index contributed by atoms with van der Waals surface area (Å²) in [6.45, 7) is 3.21. The number of hydrogen-bond donors (Lipinski definition) is 2. The molecule has 1 fully saturated rings. The Hall–Kier alpha value is -1.75. The number of ether oxygens (including phenoxy) is 1. The van der Waals surface area contributed by atoms with Crippen molar-refractivity contribution in [3.05, 3.63) is 24.3 Å². The smallest absolute Gasteiger partial charge is 0.255 e. The molecular weight excluding hydrogens is 242 g/mol. The van der Waals surface area contributed by atoms with Gasteiger partial charge in [0.1, 0.15) is 5.75 Å². The molecule has 5 nitrogen and oxygen atoms in total. The predicted octanol–water partition coefficient (Wildman–Crippen LogP) is 1.06. The predicted molar refractivity (Wildman–Crippen MR) is 75.3 cm³/mol. The monoisotopic (exact) mass is 263 g/mol. The van der Waals surface area contributed by atoms with Crippen molar-refractivity contribution in [2.75, 3.05) is 25.5 Å². The number of likely N-dealkylation sites (N-methyl/N-ethyl adjacent to an activating group) is 1. The molecule has 1 aromatic rings. The fraction of sp³-hybridized carbons (Fsp3) is 0.500. The summed E-state index contributed by atoms with van der Waals surface area (Å²) in [5, 5.41) is 3.50. The fourth-order valence-corrected chi connectivity index (χ4v) is 2.34. The molecule has 0 saturated carbocycles. The molecule has 1 heterocycles. The van der Waals surface area contributed by atoms with Gasteiger partial charge in [0.05, 0.1) is 0 Å². The Morgan fingerprint density at radius 1 is 1.47 bits per heavy atom. The van der Waals surface area contributed by atoms with Crippen LogP contribution in [0.2, 0.25) is 0 Å². The second-order valence-electron chi connectivity index (χ2n) is 5.14. The molecule has 0 aliphatic carbocycles. The first kappa shape index (κ1) is 13.7. The Balaban J connectivity index is 1.87. The van der Waals surface area contributed by atoms with Gasteiger partial charge in [-0.25, -0.2) is 0 Å². The lowest BCUT2D eigenvalue weighted by Crippen LogP contribution is -2.24. The minimum absolute atomic E-state index is 0.0856. The highest BCUT2D eigenvalue weighted by Gasteiger charge is 2.25. The summed E-state index contributed by atoms with van der Waals surface area (Å²) < 4.78 is 5.22. The first-order valence-corrected chi connectivity index (χ1v) is 6.52. The van der Waals surface area contributed by atoms with Crippen LogP contribution in [-0.2, 0) is 4.79 Å². The van der Waals surface area contributed by atoms with Crippen molar-refractivity contribution < 1.29 is 9.53 Å². The zero-order chi connectivity index (χ0) is 13.8. The van der Waals surface area contributed by atoms with Crippen LogP contribution in [0.15, 0.2) is 24.3 Å². The largest absolute Gasteiger partial charge is 0.484 e. The lowest BCUT2D eigenvalue weighted by molar-refractivity contribution is -0.119. The Kier molecular flexibility index (Phi) is 4.27. The van der Waals surface area contributed by atoms with E-state index in [9.17, 15) is 4.79 Å². The summed E-state index contributed by atoms with van der Waals surface area (Å²) >= 11 is 0. The van der Waals surface area contributed by atoms with Gasteiger partial charge in [-0.15, -0.1) is 0 Å². The van der Waals surface area contributed by atoms with Gasteiger partial charge < -0.3 is 20.7 Å². The van der Waals surface area contributed by atoms with Crippen molar-refractivity contribution in [2.45, 2.75) is 25.4 Å². The van der Waals surface area contributed by atoms with Crippen molar-refractivity contribution in [1.29, 1.82) is 0 Å². The Labute approximate surface area is 113 Å². The van der Waals surface area contributed by atoms with Crippen LogP contribution < -0.4 is 15.8 Å². The molecule has 2 atom stereocenters. The Morgan fingerprint density at radius 3 is 2.68 bits per heavy atom. The first-order valence-electron chi connectivity index (χ1n) is 6.52. The number of carbonyl (C=O) groups excluding carboxylic acids is 1. The lowest BCUT2D eigenvalue weighted by atomic mass is 10.2. The molecule has 0 radical (unpaired) electrons. The van der Waals surface area contributed by atoms with Gasteiger partial charge in [-0.3, -0.25) is 4.79 Å². The third-order valence-corrected chi connectivity index (χ3v) is 3.49. The zero-order valence-electron chi connectivity index (χ0n) is 11.4. The third-order valence-electron chi connectivity index (χ3n) is 3.49. The molecule has 1 aliphatic rings. The fourth-order valence-electron chi connectivity index (χ4n) is 2.34. The number of anilines is 1. The topological polar surface area (TPSA) is 67.6 Å². The summed E-state index contributed by atoms with van der Waals surface area (Å²) in [6.07, 6.45) is 1.15. The van der Waals surface area contributed by atoms with Crippen molar-refractivity contribution in [3.63, 3.8) is 0 Å². The van der Waals surface area contributed by atoms with Crippen molar-refractivity contribution >= 4 is 11.6 Å². The standard InChI is InChI=1S/C14H21N3O2/c1-10-7-12(8-17(10)2)16-11-3-5-13(6-4-11)19-9-14(15)18/h3-6,10,12,16H,7-9H2,1-2H3,(H2,15,18). The van der Waals surface area contributed by atoms with E-state index in [4.69, 9.17) is 10.5 Å². The van der Waals surface area contributed by atoms with E-state index in [0.717, 1.165) is 18.7 Å². The number of nitrogens with one attached hydrogen (secondary N) is 1. The van der Waals surface area contributed by atoms with E-state index in [0.29, 0.717) is 17.8 Å². The van der Waals surface area contributed by atoms with Crippen LogP contribution in [0, 0.1) is 0 Å². The van der Waals surface area contributed by atoms with Crippen molar-refractivity contribution in [2.24, 2.45) is 5.73 Å². The van der Waals surface area contributed by atoms with E-state index in [1.807, 2.05) is 24.3 Å². The van der Waals surface area contributed by atoms with Crippen LogP contribution in [0.3, 0.4) is 0 Å². The second kappa shape index (κ2) is 5.93. The highest BCUT2D eigenvalue weighted by atomic mass is 16.5. The molecule has 5 heteroatoms. The summed E-state index contributed by atoms with van der Waals surface area (Å²) in [5.41, 5.74) is 6.09. The summed E-state index contributed by atoms with van der Waals surface area (Å²) in [4.78, 5) is 13.0. The average molecular weight is 263 g/mol. The van der Waals surface area contributed by atoms with Gasteiger partial charge in [0, 0.05) is 24.3 Å². The van der Waals surface area contributed by atoms with Crippen LogP contribution in [0.25, 0.3) is 0 Å². The number of hydrogen-bond acceptors (Lipinski definition) is 4. The molecule has 2 unspecified atom stereocenters. The average Bonchev–Trinajstić information content (AvgIpc) is 2.67. The first-order chi connectivity index (χ1) is 9.04. The number of primary amides is 1. The van der Waals surface area contributed by atoms with Crippen molar-refractivity contribution in [3.8, 4) is 5.75 Å². The van der Waals surface area contributed by atoms with Gasteiger partial charge in [0.2, 0.25) is 0 Å². The molecule has 1 amide bonds. The number of benzene rings is 1. The molecule has 0 spiro atoms. The maximum absolute atomic E-state index is 10.6.